The molecule has 0 saturated carbocycles. The van der Waals surface area contributed by atoms with E-state index in [9.17, 15) is 19.5 Å². The maximum absolute atomic E-state index is 13.5. The van der Waals surface area contributed by atoms with Crippen LogP contribution in [0.2, 0.25) is 0 Å². The van der Waals surface area contributed by atoms with Crippen molar-refractivity contribution in [2.24, 2.45) is 11.3 Å². The van der Waals surface area contributed by atoms with Gasteiger partial charge < -0.3 is 20.6 Å². The van der Waals surface area contributed by atoms with Gasteiger partial charge in [0.25, 0.3) is 0 Å². The molecule has 0 heterocycles. The molecule has 0 aromatic heterocycles. The van der Waals surface area contributed by atoms with Crippen molar-refractivity contribution in [2.45, 2.75) is 66.1 Å². The fraction of sp³-hybridized carbons (Fsp3) is 0.560. The van der Waals surface area contributed by atoms with Gasteiger partial charge in [0.2, 0.25) is 11.8 Å². The molecule has 0 spiro atoms. The molecule has 0 aliphatic rings. The molecule has 0 bridgehead atoms. The lowest BCUT2D eigenvalue weighted by atomic mass is 9.84. The van der Waals surface area contributed by atoms with Crippen LogP contribution >= 0.6 is 0 Å². The number of nitrogens with zero attached hydrogens (tertiary/aromatic N) is 1. The monoisotopic (exact) mass is 445 g/mol. The van der Waals surface area contributed by atoms with E-state index in [-0.39, 0.29) is 23.3 Å². The number of benzene rings is 1. The largest absolute Gasteiger partial charge is 0.478 e. The van der Waals surface area contributed by atoms with Crippen LogP contribution in [0.15, 0.2) is 42.0 Å². The minimum Gasteiger partial charge on any atom is -0.478 e. The molecule has 7 nitrogen and oxygen atoms in total. The van der Waals surface area contributed by atoms with Crippen LogP contribution < -0.4 is 10.6 Å². The standard InChI is InChI=1S/C25H39N3O4/c1-16(2)20(14-17(3)24(31)32)28(8)23(30)21(25(4,5)6)27-22(29)19(26-7)15-18-12-10-9-11-13-18/h9-14,16,19-21,26H,15H2,1-8H3,(H,27,29)(H,31,32)/b17-14+/t19-,20?,21+/m0/s1. The van der Waals surface area contributed by atoms with Gasteiger partial charge in [0.15, 0.2) is 0 Å². The molecule has 0 fully saturated rings. The van der Waals surface area contributed by atoms with Crippen molar-refractivity contribution < 1.29 is 19.5 Å². The number of amides is 2. The highest BCUT2D eigenvalue weighted by atomic mass is 16.4. The van der Waals surface area contributed by atoms with Gasteiger partial charge in [-0.05, 0) is 37.3 Å². The van der Waals surface area contributed by atoms with E-state index in [1.54, 1.807) is 25.1 Å². The molecule has 0 aliphatic heterocycles. The predicted octanol–water partition coefficient (Wildman–Crippen LogP) is 2.86. The molecule has 1 aromatic rings. The summed E-state index contributed by atoms with van der Waals surface area (Å²) in [4.78, 5) is 39.5. The average Bonchev–Trinajstić information content (AvgIpc) is 2.72. The molecule has 1 rings (SSSR count). The minimum absolute atomic E-state index is 0.00212. The number of hydrogen-bond donors (Lipinski definition) is 3. The van der Waals surface area contributed by atoms with Gasteiger partial charge in [0, 0.05) is 12.6 Å². The first-order valence-corrected chi connectivity index (χ1v) is 11.0. The number of carbonyl (C=O) groups is 3. The van der Waals surface area contributed by atoms with Crippen LogP contribution in [0.5, 0.6) is 0 Å². The van der Waals surface area contributed by atoms with Crippen LogP contribution in [0, 0.1) is 11.3 Å². The first-order valence-electron chi connectivity index (χ1n) is 11.0. The highest BCUT2D eigenvalue weighted by molar-refractivity contribution is 5.91. The molecule has 3 N–H and O–H groups in total. The summed E-state index contributed by atoms with van der Waals surface area (Å²) < 4.78 is 0. The first-order chi connectivity index (χ1) is 14.8. The number of carboxylic acid groups (broad SMARTS) is 1. The first kappa shape index (κ1) is 27.4. The van der Waals surface area contributed by atoms with Crippen LogP contribution in [0.4, 0.5) is 0 Å². The average molecular weight is 446 g/mol. The Kier molecular flexibility index (Phi) is 10.1. The summed E-state index contributed by atoms with van der Waals surface area (Å²) in [6, 6.07) is 8.02. The molecule has 178 valence electrons. The molecule has 0 radical (unpaired) electrons. The third kappa shape index (κ3) is 7.79. The Morgan fingerprint density at radius 2 is 1.69 bits per heavy atom. The van der Waals surface area contributed by atoms with E-state index in [0.29, 0.717) is 6.42 Å². The van der Waals surface area contributed by atoms with E-state index >= 15 is 0 Å². The molecular weight excluding hydrogens is 406 g/mol. The summed E-state index contributed by atoms with van der Waals surface area (Å²) >= 11 is 0. The predicted molar refractivity (Wildman–Crippen MR) is 127 cm³/mol. The third-order valence-electron chi connectivity index (χ3n) is 5.58. The van der Waals surface area contributed by atoms with Crippen molar-refractivity contribution in [3.05, 3.63) is 47.5 Å². The number of rotatable bonds is 10. The van der Waals surface area contributed by atoms with E-state index < -0.39 is 29.5 Å². The van der Waals surface area contributed by atoms with E-state index in [4.69, 9.17) is 0 Å². The number of hydrogen-bond acceptors (Lipinski definition) is 4. The zero-order chi connectivity index (χ0) is 24.6. The lowest BCUT2D eigenvalue weighted by Crippen LogP contribution is -2.59. The smallest absolute Gasteiger partial charge is 0.331 e. The van der Waals surface area contributed by atoms with Crippen molar-refractivity contribution in [1.29, 1.82) is 0 Å². The zero-order valence-electron chi connectivity index (χ0n) is 20.6. The van der Waals surface area contributed by atoms with Gasteiger partial charge in [0.1, 0.15) is 6.04 Å². The minimum atomic E-state index is -1.02. The number of carboxylic acids is 1. The van der Waals surface area contributed by atoms with Crippen molar-refractivity contribution in [2.75, 3.05) is 14.1 Å². The van der Waals surface area contributed by atoms with E-state index in [0.717, 1.165) is 5.56 Å². The normalized spacial score (nSPS) is 15.1. The maximum atomic E-state index is 13.5. The quantitative estimate of drug-likeness (QED) is 0.481. The summed E-state index contributed by atoms with van der Waals surface area (Å²) in [6.45, 7) is 11.1. The van der Waals surface area contributed by atoms with Gasteiger partial charge in [-0.1, -0.05) is 71.0 Å². The van der Waals surface area contributed by atoms with Gasteiger partial charge in [-0.25, -0.2) is 4.79 Å². The Labute approximate surface area is 192 Å². The van der Waals surface area contributed by atoms with Crippen LogP contribution in [0.25, 0.3) is 0 Å². The van der Waals surface area contributed by atoms with E-state index in [1.807, 2.05) is 65.0 Å². The van der Waals surface area contributed by atoms with E-state index in [1.165, 1.54) is 6.92 Å². The fourth-order valence-electron chi connectivity index (χ4n) is 3.50. The lowest BCUT2D eigenvalue weighted by molar-refractivity contribution is -0.140. The lowest BCUT2D eigenvalue weighted by Gasteiger charge is -2.38. The van der Waals surface area contributed by atoms with Crippen LogP contribution in [-0.2, 0) is 20.8 Å². The second-order valence-electron chi connectivity index (χ2n) is 9.68. The summed E-state index contributed by atoms with van der Waals surface area (Å²) in [5, 5.41) is 15.3. The van der Waals surface area contributed by atoms with Gasteiger partial charge in [-0.3, -0.25) is 9.59 Å². The molecule has 32 heavy (non-hydrogen) atoms. The molecule has 7 heteroatoms. The maximum Gasteiger partial charge on any atom is 0.331 e. The van der Waals surface area contributed by atoms with Crippen molar-refractivity contribution >= 4 is 17.8 Å². The molecule has 1 unspecified atom stereocenters. The Morgan fingerprint density at radius 1 is 1.12 bits per heavy atom. The second kappa shape index (κ2) is 11.8. The fourth-order valence-corrected chi connectivity index (χ4v) is 3.50. The Balaban J connectivity index is 3.13. The topological polar surface area (TPSA) is 98.7 Å². The number of aliphatic carboxylic acids is 1. The van der Waals surface area contributed by atoms with Crippen LogP contribution in [-0.4, -0.2) is 60.0 Å². The van der Waals surface area contributed by atoms with Crippen LogP contribution in [0.3, 0.4) is 0 Å². The molecule has 3 atom stereocenters. The molecule has 2 amide bonds. The third-order valence-corrected chi connectivity index (χ3v) is 5.58. The van der Waals surface area contributed by atoms with Crippen molar-refractivity contribution in [3.63, 3.8) is 0 Å². The summed E-state index contributed by atoms with van der Waals surface area (Å²) in [7, 11) is 3.38. The molecule has 0 saturated heterocycles. The van der Waals surface area contributed by atoms with Crippen molar-refractivity contribution in [3.8, 4) is 0 Å². The molecular formula is C25H39N3O4. The Bertz CT molecular complexity index is 812. The molecule has 1 aromatic carbocycles. The van der Waals surface area contributed by atoms with Gasteiger partial charge >= 0.3 is 5.97 Å². The summed E-state index contributed by atoms with van der Waals surface area (Å²) in [5.41, 5.74) is 0.656. The summed E-state index contributed by atoms with van der Waals surface area (Å²) in [5.74, 6) is -1.53. The summed E-state index contributed by atoms with van der Waals surface area (Å²) in [6.07, 6.45) is 2.09. The Morgan fingerprint density at radius 3 is 2.12 bits per heavy atom. The number of carbonyl (C=O) groups excluding carboxylic acids is 2. The Hall–Kier alpha value is -2.67. The SMILES string of the molecule is CN[C@@H](Cc1ccccc1)C(=O)N[C@H](C(=O)N(C)C(/C=C(\C)C(=O)O)C(C)C)C(C)(C)C. The van der Waals surface area contributed by atoms with E-state index in [2.05, 4.69) is 10.6 Å². The highest BCUT2D eigenvalue weighted by Crippen LogP contribution is 2.24. The second-order valence-corrected chi connectivity index (χ2v) is 9.68. The van der Waals surface area contributed by atoms with Crippen molar-refractivity contribution in [1.82, 2.24) is 15.5 Å². The molecule has 0 aliphatic carbocycles. The number of nitrogens with one attached hydrogen (secondary N) is 2. The zero-order valence-corrected chi connectivity index (χ0v) is 20.6. The highest BCUT2D eigenvalue weighted by Gasteiger charge is 2.38. The van der Waals surface area contributed by atoms with Gasteiger partial charge in [0.05, 0.1) is 12.1 Å². The number of likely N-dealkylation sites (N-methyl/N-ethyl adjacent to an activating group) is 2. The van der Waals surface area contributed by atoms with Crippen LogP contribution in [0.1, 0.15) is 47.1 Å². The van der Waals surface area contributed by atoms with Gasteiger partial charge in [-0.15, -0.1) is 0 Å². The van der Waals surface area contributed by atoms with Gasteiger partial charge in [-0.2, -0.15) is 0 Å².